The average molecular weight is 2140 g/mol. The summed E-state index contributed by atoms with van der Waals surface area (Å²) in [4.78, 5) is 138. The molecule has 4 aliphatic carbocycles. The van der Waals surface area contributed by atoms with E-state index in [0.29, 0.717) is 193 Å². The molecule has 6 N–H and O–H groups in total. The second kappa shape index (κ2) is 53.2. The molecule has 0 saturated carbocycles. The van der Waals surface area contributed by atoms with E-state index in [1.165, 1.54) is 47.6 Å². The fourth-order valence-electron chi connectivity index (χ4n) is 19.1. The zero-order chi connectivity index (χ0) is 99.4. The topological polar surface area (TPSA) is 286 Å². The van der Waals surface area contributed by atoms with Gasteiger partial charge < -0.3 is 47.5 Å². The minimum absolute atomic E-state index is 0. The molecule has 23 nitrogen and oxygen atoms in total. The predicted molar refractivity (Wildman–Crippen MR) is 596 cm³/mol. The maximum Gasteiger partial charge on any atom is 1.00 e. The van der Waals surface area contributed by atoms with Crippen LogP contribution in [0.3, 0.4) is 0 Å². The number of aliphatic hydroxyl groups excluding tert-OH is 1. The number of ketones is 4. The van der Waals surface area contributed by atoms with Crippen molar-refractivity contribution in [2.75, 3.05) is 89.4 Å². The van der Waals surface area contributed by atoms with Crippen molar-refractivity contribution >= 4 is 215 Å². The SMILES string of the molecule is C.C.C.C.C.C.C1CCOC1.CC(=O)N1c2ccc(C=O)cc2NC2=C(C(=O)CC(C)(C)C2)C1c1ccc(Cl)cc1Cl.CC(=O)N1c2ccc(CN(C)C)cc2NC2=C(C(=O)CC(C)(C)C2)C1c1ccc(Cl)cc1Cl.CC(=O)N1c2ccc(CO)cc2NC2=C(C(=O)CC(C)(C)C2)C1c1ccc(Cl)cc1Cl.CNC.COC(=O)c1ccc2c(c1)NC1=C(C(=O)CC(C)(C)C1)C(c1ccc(Cl)cc1Cl)N2C(C)=O.[AlH3].[H-].[Li+]. The van der Waals surface area contributed by atoms with Crippen molar-refractivity contribution in [1.29, 1.82) is 0 Å². The molecule has 4 unspecified atom stereocenters. The molecule has 17 rings (SSSR count). The van der Waals surface area contributed by atoms with Gasteiger partial charge in [0.25, 0.3) is 0 Å². The summed E-state index contributed by atoms with van der Waals surface area (Å²) in [7, 11) is 9.09. The Hall–Kier alpha value is -9.09. The third-order valence-electron chi connectivity index (χ3n) is 24.6. The smallest absolute Gasteiger partial charge is 1.00 e. The molecule has 4 amide bonds. The van der Waals surface area contributed by atoms with Crippen molar-refractivity contribution in [3.05, 3.63) is 275 Å². The van der Waals surface area contributed by atoms with E-state index in [0.717, 1.165) is 60.1 Å². The van der Waals surface area contributed by atoms with Crippen LogP contribution in [0.2, 0.25) is 40.2 Å². The van der Waals surface area contributed by atoms with E-state index in [9.17, 15) is 53.1 Å². The Morgan fingerprint density at radius 1 is 0.424 bits per heavy atom. The van der Waals surface area contributed by atoms with Gasteiger partial charge in [-0.2, -0.15) is 0 Å². The first-order chi connectivity index (χ1) is 64.1. The van der Waals surface area contributed by atoms with Crippen LogP contribution in [0, 0.1) is 21.7 Å². The average Bonchev–Trinajstić information content (AvgIpc) is 1.65. The number of carbonyl (C=O) groups excluding carboxylic acids is 10. The molecule has 5 aliphatic heterocycles. The normalized spacial score (nSPS) is 18.5. The van der Waals surface area contributed by atoms with E-state index in [1.54, 1.807) is 135 Å². The van der Waals surface area contributed by atoms with Gasteiger partial charge in [0.05, 0.1) is 88.9 Å². The molecule has 33 heteroatoms. The second-order valence-electron chi connectivity index (χ2n) is 38.7. The minimum atomic E-state index is -0.747. The summed E-state index contributed by atoms with van der Waals surface area (Å²) in [5.41, 5.74) is 14.5. The number of hydrogen-bond acceptors (Lipinski definition) is 19. The third kappa shape index (κ3) is 29.1. The first-order valence-electron chi connectivity index (χ1n) is 44.7. The number of ether oxygens (including phenoxy) is 2. The Labute approximate surface area is 915 Å². The van der Waals surface area contributed by atoms with Crippen LogP contribution < -0.4 is 65.0 Å². The summed E-state index contributed by atoms with van der Waals surface area (Å²) >= 11 is 50.9. The number of fused-ring (bicyclic) bond motifs is 4. The molecule has 5 heterocycles. The summed E-state index contributed by atoms with van der Waals surface area (Å²) in [6.07, 6.45) is 7.33. The van der Waals surface area contributed by atoms with Gasteiger partial charge in [0, 0.05) is 164 Å². The Morgan fingerprint density at radius 2 is 0.688 bits per heavy atom. The summed E-state index contributed by atoms with van der Waals surface area (Å²) in [5.74, 6) is -1.49. The number of nitrogens with zero attached hydrogens (tertiary/aromatic N) is 5. The number of amides is 4. The van der Waals surface area contributed by atoms with Crippen LogP contribution >= 0.6 is 92.8 Å². The van der Waals surface area contributed by atoms with Gasteiger partial charge in [0.2, 0.25) is 23.6 Å². The van der Waals surface area contributed by atoms with Crippen molar-refractivity contribution < 1.29 is 82.8 Å². The Morgan fingerprint density at radius 3 is 0.938 bits per heavy atom. The summed E-state index contributed by atoms with van der Waals surface area (Å²) in [5, 5.41) is 29.6. The second-order valence-corrected chi connectivity index (χ2v) is 42.1. The van der Waals surface area contributed by atoms with Gasteiger partial charge in [-0.05, 0) is 231 Å². The molecule has 0 aromatic heterocycles. The van der Waals surface area contributed by atoms with Crippen molar-refractivity contribution in [1.82, 2.24) is 10.2 Å². The van der Waals surface area contributed by atoms with E-state index in [4.69, 9.17) is 102 Å². The molecule has 0 bridgehead atoms. The van der Waals surface area contributed by atoms with Crippen molar-refractivity contribution in [3.8, 4) is 0 Å². The van der Waals surface area contributed by atoms with E-state index in [1.807, 2.05) is 80.2 Å². The van der Waals surface area contributed by atoms with Gasteiger partial charge in [-0.1, -0.05) is 229 Å². The van der Waals surface area contributed by atoms with Crippen LogP contribution in [-0.4, -0.2) is 135 Å². The zero-order valence-electron chi connectivity index (χ0n) is 81.2. The standard InChI is InChI=1S/C26H29Cl2N3O2.C25H24Cl2N2O4.C24H24Cl2N2O3.C24H22Cl2N2O3.C4H8O.C2H7N.6CH4.Al.Li.4H/c1-15(32)31-22-9-6-16(14-30(4)5)10-20(22)29-21-12-26(2,3)13-23(33)24(21)25(31)18-8-7-17(27)11-19(18)28;1-13(30)29-20-8-5-14(24(32)33-4)9-18(20)28-19-11-25(2,3)12-21(31)22(19)23(29)16-7-6-15(26)10-17(16)27;2*1-13(30)28-20-7-4-14(12-29)8-18(20)27-19-10-24(2,3)11-21(31)22(19)23(28)16-6-5-15(25)9-17(16)26;1-2-4-5-3-1;1-3-2;;;;;;;;;;;;/h6-11,25,29H,12-14H2,1-5H3;5-10,23,28H,11-12H2,1-4H3;4-9,23,27,29H,10-12H2,1-3H3;4-9,12,23,27H,10-11H2,1-3H3;1-4H2;3H,1-2H3;6*1H4;;;;;;/q;;;;;;;;;;;;;+1;;;;-1. The van der Waals surface area contributed by atoms with Crippen molar-refractivity contribution in [2.45, 2.75) is 229 Å². The van der Waals surface area contributed by atoms with E-state index < -0.39 is 30.1 Å². The molecule has 1 saturated heterocycles. The molecule has 144 heavy (non-hydrogen) atoms. The molecule has 1 fully saturated rings. The molecule has 774 valence electrons. The van der Waals surface area contributed by atoms with Crippen molar-refractivity contribution in [3.63, 3.8) is 0 Å². The van der Waals surface area contributed by atoms with E-state index in [-0.39, 0.29) is 157 Å². The van der Waals surface area contributed by atoms with Gasteiger partial charge in [-0.15, -0.1) is 0 Å². The minimum Gasteiger partial charge on any atom is -1.00 e. The molecule has 0 spiro atoms. The van der Waals surface area contributed by atoms with Crippen LogP contribution in [0.25, 0.3) is 0 Å². The van der Waals surface area contributed by atoms with Gasteiger partial charge in [0.15, 0.2) is 40.5 Å². The largest absolute Gasteiger partial charge is 1.00 e. The van der Waals surface area contributed by atoms with Gasteiger partial charge in [-0.3, -0.25) is 62.8 Å². The number of aliphatic hydroxyl groups is 1. The number of methoxy groups -OCH3 is 1. The number of carbonyl (C=O) groups is 10. The summed E-state index contributed by atoms with van der Waals surface area (Å²) < 4.78 is 9.81. The quantitative estimate of drug-likeness (QED) is 0.0445. The number of aldehydes is 1. The van der Waals surface area contributed by atoms with E-state index in [2.05, 4.69) is 65.2 Å². The van der Waals surface area contributed by atoms with Gasteiger partial charge in [-0.25, -0.2) is 4.79 Å². The first-order valence-corrected chi connectivity index (χ1v) is 47.8. The van der Waals surface area contributed by atoms with Crippen LogP contribution in [0.5, 0.6) is 0 Å². The van der Waals surface area contributed by atoms with Crippen molar-refractivity contribution in [2.24, 2.45) is 21.7 Å². The molecule has 4 atom stereocenters. The number of allylic oxidation sites excluding steroid dienone is 4. The number of halogens is 8. The van der Waals surface area contributed by atoms with Gasteiger partial charge >= 0.3 is 24.8 Å². The van der Waals surface area contributed by atoms with Crippen LogP contribution in [0.1, 0.15) is 272 Å². The number of benzene rings is 8. The molecule has 0 radical (unpaired) electrons. The number of Topliss-reactive ketones (excluding diaryl/α,β-unsaturated/α-hetero) is 4. The number of esters is 1. The monoisotopic (exact) mass is 2140 g/mol. The molecular formula is C111H142AlCl8LiN10O13. The predicted octanol–water partition coefficient (Wildman–Crippen LogP) is 24.2. The molecular weight excluding hydrogens is 2000 g/mol. The fraction of sp³-hybridized carbons (Fsp3) is 0.405. The molecule has 9 aliphatic rings. The Kier molecular flexibility index (Phi) is 47.0. The number of nitrogens with one attached hydrogen (secondary N) is 5. The Balaban J connectivity index is 0.000000474. The molecule has 8 aromatic rings. The summed E-state index contributed by atoms with van der Waals surface area (Å²) in [6, 6.07) is 39.1. The fourth-order valence-corrected chi connectivity index (χ4v) is 21.2. The third-order valence-corrected chi connectivity index (χ3v) is 26.8. The maximum atomic E-state index is 13.6. The van der Waals surface area contributed by atoms with Gasteiger partial charge in [0.1, 0.15) is 6.29 Å². The number of hydrogen-bond donors (Lipinski definition) is 6. The molecule has 8 aromatic carbocycles. The van der Waals surface area contributed by atoms with Crippen LogP contribution in [0.15, 0.2) is 191 Å². The Bertz CT molecular complexity index is 6270. The van der Waals surface area contributed by atoms with Crippen LogP contribution in [-0.2, 0) is 61.0 Å². The maximum absolute atomic E-state index is 13.6. The first kappa shape index (κ1) is 127. The summed E-state index contributed by atoms with van der Waals surface area (Å²) in [6.45, 7) is 25.0. The number of rotatable bonds is 9. The number of anilines is 8. The van der Waals surface area contributed by atoms with E-state index >= 15 is 0 Å². The van der Waals surface area contributed by atoms with Crippen LogP contribution in [0.4, 0.5) is 45.5 Å². The zero-order valence-corrected chi connectivity index (χ0v) is 86.3.